The lowest BCUT2D eigenvalue weighted by molar-refractivity contribution is 0.190. The SMILES string of the molecule is COCCN(CCOC)c1ccc(CO)cc1C#N. The van der Waals surface area contributed by atoms with Gasteiger partial charge in [-0.05, 0) is 17.7 Å². The summed E-state index contributed by atoms with van der Waals surface area (Å²) in [6.45, 7) is 2.47. The fraction of sp³-hybridized carbons (Fsp3) is 0.500. The smallest absolute Gasteiger partial charge is 0.101 e. The summed E-state index contributed by atoms with van der Waals surface area (Å²) in [5, 5.41) is 18.3. The summed E-state index contributed by atoms with van der Waals surface area (Å²) in [4.78, 5) is 2.05. The minimum absolute atomic E-state index is 0.0644. The fourth-order valence-electron chi connectivity index (χ4n) is 1.80. The van der Waals surface area contributed by atoms with Crippen molar-refractivity contribution in [1.82, 2.24) is 0 Å². The summed E-state index contributed by atoms with van der Waals surface area (Å²) in [6.07, 6.45) is 0. The van der Waals surface area contributed by atoms with Crippen molar-refractivity contribution in [3.05, 3.63) is 29.3 Å². The van der Waals surface area contributed by atoms with E-state index in [1.165, 1.54) is 0 Å². The van der Waals surface area contributed by atoms with E-state index in [0.29, 0.717) is 31.9 Å². The summed E-state index contributed by atoms with van der Waals surface area (Å²) in [7, 11) is 3.29. The Labute approximate surface area is 114 Å². The maximum absolute atomic E-state index is 9.22. The zero-order chi connectivity index (χ0) is 14.1. The third kappa shape index (κ3) is 4.52. The quantitative estimate of drug-likeness (QED) is 0.763. The normalized spacial score (nSPS) is 10.2. The molecule has 0 saturated heterocycles. The molecular weight excluding hydrogens is 244 g/mol. The molecule has 0 aliphatic rings. The highest BCUT2D eigenvalue weighted by Gasteiger charge is 2.11. The van der Waals surface area contributed by atoms with Crippen molar-refractivity contribution in [2.24, 2.45) is 0 Å². The Balaban J connectivity index is 2.96. The van der Waals surface area contributed by atoms with Crippen LogP contribution in [-0.4, -0.2) is 45.6 Å². The Hall–Kier alpha value is -1.61. The van der Waals surface area contributed by atoms with Crippen LogP contribution in [0.4, 0.5) is 5.69 Å². The molecule has 0 amide bonds. The average Bonchev–Trinajstić information content (AvgIpc) is 2.47. The molecule has 0 bridgehead atoms. The highest BCUT2D eigenvalue weighted by atomic mass is 16.5. The van der Waals surface area contributed by atoms with E-state index in [9.17, 15) is 5.26 Å². The topological polar surface area (TPSA) is 65.7 Å². The molecule has 0 spiro atoms. The largest absolute Gasteiger partial charge is 0.392 e. The predicted octanol–water partition coefficient (Wildman–Crippen LogP) is 1.15. The van der Waals surface area contributed by atoms with Gasteiger partial charge in [0.1, 0.15) is 6.07 Å². The summed E-state index contributed by atoms with van der Waals surface area (Å²) >= 11 is 0. The van der Waals surface area contributed by atoms with E-state index in [1.54, 1.807) is 20.3 Å². The van der Waals surface area contributed by atoms with E-state index < -0.39 is 0 Å². The number of nitriles is 1. The van der Waals surface area contributed by atoms with E-state index in [1.807, 2.05) is 17.0 Å². The molecule has 0 aromatic heterocycles. The van der Waals surface area contributed by atoms with Crippen LogP contribution in [0.1, 0.15) is 11.1 Å². The lowest BCUT2D eigenvalue weighted by Crippen LogP contribution is -2.31. The van der Waals surface area contributed by atoms with Crippen molar-refractivity contribution in [3.8, 4) is 6.07 Å². The molecule has 0 radical (unpaired) electrons. The van der Waals surface area contributed by atoms with Crippen LogP contribution in [0.3, 0.4) is 0 Å². The number of aliphatic hydroxyl groups excluding tert-OH is 1. The maximum Gasteiger partial charge on any atom is 0.101 e. The number of benzene rings is 1. The minimum atomic E-state index is -0.0644. The van der Waals surface area contributed by atoms with Gasteiger partial charge in [0.05, 0.1) is 31.1 Å². The number of rotatable bonds is 8. The van der Waals surface area contributed by atoms with E-state index in [-0.39, 0.29) is 6.61 Å². The predicted molar refractivity (Wildman–Crippen MR) is 73.0 cm³/mol. The van der Waals surface area contributed by atoms with Crippen LogP contribution in [0, 0.1) is 11.3 Å². The number of aliphatic hydroxyl groups is 1. The van der Waals surface area contributed by atoms with Crippen LogP contribution in [-0.2, 0) is 16.1 Å². The highest BCUT2D eigenvalue weighted by molar-refractivity contribution is 5.60. The van der Waals surface area contributed by atoms with Crippen molar-refractivity contribution in [1.29, 1.82) is 5.26 Å². The molecule has 104 valence electrons. The van der Waals surface area contributed by atoms with Gasteiger partial charge in [0.15, 0.2) is 0 Å². The molecule has 5 heteroatoms. The highest BCUT2D eigenvalue weighted by Crippen LogP contribution is 2.21. The van der Waals surface area contributed by atoms with Crippen LogP contribution in [0.5, 0.6) is 0 Å². The fourth-order valence-corrected chi connectivity index (χ4v) is 1.80. The second-order valence-corrected chi connectivity index (χ2v) is 4.09. The first-order valence-corrected chi connectivity index (χ1v) is 6.13. The summed E-state index contributed by atoms with van der Waals surface area (Å²) in [6, 6.07) is 7.56. The van der Waals surface area contributed by atoms with Crippen LogP contribution < -0.4 is 4.90 Å². The number of nitrogens with zero attached hydrogens (tertiary/aromatic N) is 2. The molecule has 1 aromatic rings. The molecule has 0 aliphatic heterocycles. The van der Waals surface area contributed by atoms with Crippen LogP contribution in [0.2, 0.25) is 0 Å². The standard InChI is InChI=1S/C14H20N2O3/c1-18-7-5-16(6-8-19-2)14-4-3-12(11-17)9-13(14)10-15/h3-4,9,17H,5-8,11H2,1-2H3. The summed E-state index contributed by atoms with van der Waals surface area (Å²) in [5.41, 5.74) is 2.13. The molecule has 1 aromatic carbocycles. The number of methoxy groups -OCH3 is 2. The Morgan fingerprint density at radius 3 is 2.32 bits per heavy atom. The molecule has 19 heavy (non-hydrogen) atoms. The van der Waals surface area contributed by atoms with Gasteiger partial charge in [-0.2, -0.15) is 5.26 Å². The third-order valence-corrected chi connectivity index (χ3v) is 2.84. The Morgan fingerprint density at radius 1 is 1.21 bits per heavy atom. The van der Waals surface area contributed by atoms with Crippen molar-refractivity contribution >= 4 is 5.69 Å². The van der Waals surface area contributed by atoms with E-state index in [2.05, 4.69) is 6.07 Å². The Kier molecular flexibility index (Phi) is 6.90. The first kappa shape index (κ1) is 15.4. The van der Waals surface area contributed by atoms with Crippen LogP contribution in [0.25, 0.3) is 0 Å². The van der Waals surface area contributed by atoms with Crippen molar-refractivity contribution < 1.29 is 14.6 Å². The number of ether oxygens (including phenoxy) is 2. The molecule has 0 unspecified atom stereocenters. The molecule has 5 nitrogen and oxygen atoms in total. The number of anilines is 1. The second kappa shape index (κ2) is 8.48. The zero-order valence-corrected chi connectivity index (χ0v) is 11.4. The molecule has 0 fully saturated rings. The van der Waals surface area contributed by atoms with E-state index in [0.717, 1.165) is 11.3 Å². The van der Waals surface area contributed by atoms with Gasteiger partial charge in [-0.15, -0.1) is 0 Å². The minimum Gasteiger partial charge on any atom is -0.392 e. The van der Waals surface area contributed by atoms with E-state index >= 15 is 0 Å². The van der Waals surface area contributed by atoms with E-state index in [4.69, 9.17) is 14.6 Å². The van der Waals surface area contributed by atoms with Gasteiger partial charge in [0, 0.05) is 27.3 Å². The second-order valence-electron chi connectivity index (χ2n) is 4.09. The Bertz CT molecular complexity index is 421. The first-order chi connectivity index (χ1) is 9.26. The van der Waals surface area contributed by atoms with Gasteiger partial charge in [0.2, 0.25) is 0 Å². The van der Waals surface area contributed by atoms with Crippen molar-refractivity contribution in [2.45, 2.75) is 6.61 Å². The third-order valence-electron chi connectivity index (χ3n) is 2.84. The molecular formula is C14H20N2O3. The Morgan fingerprint density at radius 2 is 1.84 bits per heavy atom. The molecule has 1 N–H and O–H groups in total. The van der Waals surface area contributed by atoms with Gasteiger partial charge in [-0.3, -0.25) is 0 Å². The van der Waals surface area contributed by atoms with Crippen LogP contribution in [0.15, 0.2) is 18.2 Å². The number of hydrogen-bond acceptors (Lipinski definition) is 5. The molecule has 0 aliphatic carbocycles. The lowest BCUT2D eigenvalue weighted by Gasteiger charge is -2.25. The van der Waals surface area contributed by atoms with Gasteiger partial charge in [-0.25, -0.2) is 0 Å². The summed E-state index contributed by atoms with van der Waals surface area (Å²) in [5.74, 6) is 0. The zero-order valence-electron chi connectivity index (χ0n) is 11.4. The lowest BCUT2D eigenvalue weighted by atomic mass is 10.1. The monoisotopic (exact) mass is 264 g/mol. The van der Waals surface area contributed by atoms with Gasteiger partial charge in [0.25, 0.3) is 0 Å². The molecule has 0 saturated carbocycles. The average molecular weight is 264 g/mol. The van der Waals surface area contributed by atoms with Gasteiger partial charge < -0.3 is 19.5 Å². The van der Waals surface area contributed by atoms with Crippen molar-refractivity contribution in [3.63, 3.8) is 0 Å². The first-order valence-electron chi connectivity index (χ1n) is 6.13. The van der Waals surface area contributed by atoms with Crippen LogP contribution >= 0.6 is 0 Å². The van der Waals surface area contributed by atoms with Gasteiger partial charge in [-0.1, -0.05) is 6.07 Å². The molecule has 1 rings (SSSR count). The molecule has 0 heterocycles. The maximum atomic E-state index is 9.22. The van der Waals surface area contributed by atoms with Crippen molar-refractivity contribution in [2.75, 3.05) is 45.4 Å². The van der Waals surface area contributed by atoms with Gasteiger partial charge >= 0.3 is 0 Å². The number of hydrogen-bond donors (Lipinski definition) is 1. The summed E-state index contributed by atoms with van der Waals surface area (Å²) < 4.78 is 10.2. The molecule has 0 atom stereocenters.